The summed E-state index contributed by atoms with van der Waals surface area (Å²) in [5.74, 6) is 0. The van der Waals surface area contributed by atoms with Gasteiger partial charge in [0.15, 0.2) is 0 Å². The topological polar surface area (TPSA) is 21.3 Å². The fourth-order valence-electron chi connectivity index (χ4n) is 0.643. The number of nitrogens with one attached hydrogen (secondary N) is 1. The van der Waals surface area contributed by atoms with Crippen LogP contribution in [0.3, 0.4) is 0 Å². The third-order valence-corrected chi connectivity index (χ3v) is 2.91. The summed E-state index contributed by atoms with van der Waals surface area (Å²) in [6.45, 7) is 9.44. The highest BCUT2D eigenvalue weighted by Crippen LogP contribution is 1.95. The van der Waals surface area contributed by atoms with Gasteiger partial charge in [-0.1, -0.05) is 0 Å². The first-order chi connectivity index (χ1) is 4.56. The number of hydrogen-bond acceptors (Lipinski definition) is 2. The van der Waals surface area contributed by atoms with Gasteiger partial charge in [0.1, 0.15) is 9.68 Å². The van der Waals surface area contributed by atoms with E-state index in [1.54, 1.807) is 0 Å². The van der Waals surface area contributed by atoms with Crippen molar-refractivity contribution in [3.05, 3.63) is 0 Å². The van der Waals surface area contributed by atoms with Gasteiger partial charge in [-0.3, -0.25) is 0 Å². The van der Waals surface area contributed by atoms with E-state index in [-0.39, 0.29) is 15.2 Å². The van der Waals surface area contributed by atoms with Crippen molar-refractivity contribution in [2.45, 2.75) is 33.2 Å². The van der Waals surface area contributed by atoms with Crippen LogP contribution in [0.25, 0.3) is 0 Å². The van der Waals surface area contributed by atoms with Crippen LogP contribution in [0.15, 0.2) is 0 Å². The Hall–Kier alpha value is 0.137. The SMILES string of the molecule is CCOC[SiH2]NC(C)(C)C. The third-order valence-electron chi connectivity index (χ3n) is 1.11. The normalized spacial score (nSPS) is 13.2. The molecule has 1 N–H and O–H groups in total. The lowest BCUT2D eigenvalue weighted by Crippen LogP contribution is -2.40. The van der Waals surface area contributed by atoms with Gasteiger partial charge in [-0.25, -0.2) is 0 Å². The lowest BCUT2D eigenvalue weighted by atomic mass is 10.1. The van der Waals surface area contributed by atoms with Crippen molar-refractivity contribution in [3.8, 4) is 0 Å². The molecule has 0 atom stereocenters. The molecule has 0 bridgehead atoms. The molecule has 0 saturated heterocycles. The molecule has 0 unspecified atom stereocenters. The van der Waals surface area contributed by atoms with Gasteiger partial charge in [-0.15, -0.1) is 0 Å². The average molecular weight is 161 g/mol. The van der Waals surface area contributed by atoms with Gasteiger partial charge in [0.25, 0.3) is 0 Å². The number of ether oxygens (including phenoxy) is 1. The van der Waals surface area contributed by atoms with Crippen LogP contribution in [0, 0.1) is 0 Å². The van der Waals surface area contributed by atoms with Crippen molar-refractivity contribution in [3.63, 3.8) is 0 Å². The van der Waals surface area contributed by atoms with Gasteiger partial charge < -0.3 is 9.72 Å². The maximum Gasteiger partial charge on any atom is 0.121 e. The first-order valence-electron chi connectivity index (χ1n) is 3.89. The Morgan fingerprint density at radius 3 is 2.40 bits per heavy atom. The monoisotopic (exact) mass is 161 g/mol. The molecule has 0 aromatic carbocycles. The van der Waals surface area contributed by atoms with Crippen molar-refractivity contribution in [1.82, 2.24) is 4.98 Å². The zero-order valence-electron chi connectivity index (χ0n) is 7.53. The van der Waals surface area contributed by atoms with Crippen LogP contribution in [0.4, 0.5) is 0 Å². The summed E-state index contributed by atoms with van der Waals surface area (Å²) in [7, 11) is -0.176. The maximum absolute atomic E-state index is 5.23. The molecule has 3 heteroatoms. The molecular formula is C7H19NOSi. The summed E-state index contributed by atoms with van der Waals surface area (Å²) in [6.07, 6.45) is 0.952. The summed E-state index contributed by atoms with van der Waals surface area (Å²) in [5, 5.41) is 0. The summed E-state index contributed by atoms with van der Waals surface area (Å²) in [4.78, 5) is 3.47. The van der Waals surface area contributed by atoms with E-state index in [0.717, 1.165) is 12.8 Å². The van der Waals surface area contributed by atoms with Crippen molar-refractivity contribution in [2.24, 2.45) is 0 Å². The van der Waals surface area contributed by atoms with E-state index >= 15 is 0 Å². The molecule has 0 spiro atoms. The van der Waals surface area contributed by atoms with E-state index in [1.807, 2.05) is 6.92 Å². The molecular weight excluding hydrogens is 142 g/mol. The predicted octanol–water partition coefficient (Wildman–Crippen LogP) is 0.452. The van der Waals surface area contributed by atoms with Gasteiger partial charge >= 0.3 is 0 Å². The zero-order valence-corrected chi connectivity index (χ0v) is 8.94. The highest BCUT2D eigenvalue weighted by atomic mass is 28.2. The zero-order chi connectivity index (χ0) is 8.04. The molecule has 0 radical (unpaired) electrons. The molecule has 0 rings (SSSR count). The molecule has 62 valence electrons. The second kappa shape index (κ2) is 4.88. The first-order valence-corrected chi connectivity index (χ1v) is 5.60. The van der Waals surface area contributed by atoms with Crippen LogP contribution >= 0.6 is 0 Å². The largest absolute Gasteiger partial charge is 0.384 e. The molecule has 0 aliphatic carbocycles. The van der Waals surface area contributed by atoms with Crippen LogP contribution < -0.4 is 4.98 Å². The Kier molecular flexibility index (Phi) is 4.94. The molecule has 0 aliphatic heterocycles. The van der Waals surface area contributed by atoms with Crippen LogP contribution in [0.1, 0.15) is 27.7 Å². The third kappa shape index (κ3) is 8.14. The van der Waals surface area contributed by atoms with Gasteiger partial charge in [-0.2, -0.15) is 0 Å². The predicted molar refractivity (Wildman–Crippen MR) is 47.9 cm³/mol. The van der Waals surface area contributed by atoms with Gasteiger partial charge in [0.05, 0.1) is 0 Å². The molecule has 10 heavy (non-hydrogen) atoms. The smallest absolute Gasteiger partial charge is 0.121 e. The molecule has 0 aromatic rings. The van der Waals surface area contributed by atoms with Crippen LogP contribution in [-0.4, -0.2) is 28.1 Å². The number of hydrogen-bond donors (Lipinski definition) is 1. The van der Waals surface area contributed by atoms with Gasteiger partial charge in [-0.05, 0) is 27.7 Å². The molecule has 0 amide bonds. The van der Waals surface area contributed by atoms with Gasteiger partial charge in [0, 0.05) is 18.4 Å². The molecule has 0 aliphatic rings. The van der Waals surface area contributed by atoms with Crippen molar-refractivity contribution in [1.29, 1.82) is 0 Å². The summed E-state index contributed by atoms with van der Waals surface area (Å²) >= 11 is 0. The van der Waals surface area contributed by atoms with Crippen LogP contribution in [-0.2, 0) is 4.74 Å². The molecule has 2 nitrogen and oxygen atoms in total. The van der Waals surface area contributed by atoms with Crippen molar-refractivity contribution in [2.75, 3.05) is 12.8 Å². The van der Waals surface area contributed by atoms with E-state index in [9.17, 15) is 0 Å². The highest BCUT2D eigenvalue weighted by molar-refractivity contribution is 6.32. The van der Waals surface area contributed by atoms with Crippen molar-refractivity contribution >= 4 is 9.68 Å². The summed E-state index contributed by atoms with van der Waals surface area (Å²) in [5.41, 5.74) is 0.281. The second-order valence-corrected chi connectivity index (χ2v) is 4.64. The van der Waals surface area contributed by atoms with Gasteiger partial charge in [0.2, 0.25) is 0 Å². The standard InChI is InChI=1S/C7H19NOSi/c1-5-9-6-10-8-7(2,3)4/h8H,5-6,10H2,1-4H3. The fourth-order valence-corrected chi connectivity index (χ4v) is 1.93. The maximum atomic E-state index is 5.23. The minimum absolute atomic E-state index is 0.176. The molecule has 0 fully saturated rings. The Morgan fingerprint density at radius 2 is 2.00 bits per heavy atom. The Bertz CT molecular complexity index is 80.2. The van der Waals surface area contributed by atoms with Crippen LogP contribution in [0.2, 0.25) is 0 Å². The fraction of sp³-hybridized carbons (Fsp3) is 1.00. The van der Waals surface area contributed by atoms with E-state index < -0.39 is 0 Å². The first kappa shape index (κ1) is 10.1. The Morgan fingerprint density at radius 1 is 1.40 bits per heavy atom. The minimum Gasteiger partial charge on any atom is -0.384 e. The molecule has 0 saturated carbocycles. The average Bonchev–Trinajstić information content (AvgIpc) is 1.78. The lowest BCUT2D eigenvalue weighted by Gasteiger charge is -2.20. The summed E-state index contributed by atoms with van der Waals surface area (Å²) in [6, 6.07) is 0. The number of rotatable bonds is 4. The molecule has 0 heterocycles. The van der Waals surface area contributed by atoms with E-state index in [0.29, 0.717) is 0 Å². The van der Waals surface area contributed by atoms with E-state index in [2.05, 4.69) is 25.8 Å². The Balaban J connectivity index is 3.04. The second-order valence-electron chi connectivity index (χ2n) is 3.37. The van der Waals surface area contributed by atoms with E-state index in [1.165, 1.54) is 0 Å². The molecule has 0 aromatic heterocycles. The lowest BCUT2D eigenvalue weighted by molar-refractivity contribution is 0.191. The van der Waals surface area contributed by atoms with Crippen LogP contribution in [0.5, 0.6) is 0 Å². The van der Waals surface area contributed by atoms with E-state index in [4.69, 9.17) is 4.74 Å². The summed E-state index contributed by atoms with van der Waals surface area (Å²) < 4.78 is 5.23. The minimum atomic E-state index is -0.176. The highest BCUT2D eigenvalue weighted by Gasteiger charge is 2.06. The van der Waals surface area contributed by atoms with Crippen molar-refractivity contribution < 1.29 is 4.74 Å². The Labute approximate surface area is 66.2 Å². The quantitative estimate of drug-likeness (QED) is 0.477.